The number of aromatic nitrogens is 2. The molecule has 0 fully saturated rings. The summed E-state index contributed by atoms with van der Waals surface area (Å²) in [5.41, 5.74) is 2.27. The smallest absolute Gasteiger partial charge is 0.242 e. The van der Waals surface area contributed by atoms with Gasteiger partial charge >= 0.3 is 0 Å². The number of para-hydroxylation sites is 2. The molecule has 0 saturated carbocycles. The molecule has 3 rings (SSSR count). The molecule has 1 heterocycles. The van der Waals surface area contributed by atoms with E-state index in [4.69, 9.17) is 0 Å². The fourth-order valence-electron chi connectivity index (χ4n) is 3.29. The number of imidazole rings is 1. The molecule has 0 aliphatic carbocycles. The quantitative estimate of drug-likeness (QED) is 0.499. The fraction of sp³-hybridized carbons (Fsp3) is 0.350. The zero-order valence-electron chi connectivity index (χ0n) is 17.9. The average Bonchev–Trinajstić information content (AvgIpc) is 3.04. The molecular weight excluding hydrogens is 438 g/mol. The minimum absolute atomic E-state index is 0.0603. The monoisotopic (exact) mass is 465 g/mol. The molecule has 11 heteroatoms. The lowest BCUT2D eigenvalue weighted by Crippen LogP contribution is -2.35. The number of nitrogens with zero attached hydrogens (tertiary/aromatic N) is 3. The summed E-state index contributed by atoms with van der Waals surface area (Å²) in [5.74, 6) is 0.876. The van der Waals surface area contributed by atoms with Crippen LogP contribution in [-0.2, 0) is 27.1 Å². The van der Waals surface area contributed by atoms with Crippen LogP contribution < -0.4 is 10.0 Å². The van der Waals surface area contributed by atoms with Crippen LogP contribution in [0.1, 0.15) is 18.8 Å². The van der Waals surface area contributed by atoms with Gasteiger partial charge in [0.15, 0.2) is 0 Å². The summed E-state index contributed by atoms with van der Waals surface area (Å²) in [6.45, 7) is 2.69. The van der Waals surface area contributed by atoms with Crippen molar-refractivity contribution < 1.29 is 16.8 Å². The van der Waals surface area contributed by atoms with E-state index in [9.17, 15) is 16.8 Å². The van der Waals surface area contributed by atoms with Gasteiger partial charge in [0.1, 0.15) is 5.82 Å². The van der Waals surface area contributed by atoms with E-state index >= 15 is 0 Å². The first-order valence-corrected chi connectivity index (χ1v) is 13.0. The number of anilines is 1. The second-order valence-electron chi connectivity index (χ2n) is 7.42. The molecule has 0 spiro atoms. The zero-order valence-corrected chi connectivity index (χ0v) is 19.5. The number of nitrogens with one attached hydrogen (secondary N) is 2. The van der Waals surface area contributed by atoms with Gasteiger partial charge in [-0.05, 0) is 43.3 Å². The molecule has 2 aromatic carbocycles. The van der Waals surface area contributed by atoms with Crippen LogP contribution in [0.4, 0.5) is 5.69 Å². The number of sulfonamides is 2. The van der Waals surface area contributed by atoms with E-state index in [1.54, 1.807) is 0 Å². The standard InChI is InChI=1S/C20H27N5O4S2/c1-15(20-22-18-7-5-6-8-19(18)25(20)3)21-13-14-24(2)31(28,29)17-11-9-16(10-12-17)23-30(4,26)27/h5-12,15,21,23H,13-14H2,1-4H3. The molecule has 0 bridgehead atoms. The first-order chi connectivity index (χ1) is 14.5. The van der Waals surface area contributed by atoms with Crippen molar-refractivity contribution in [2.75, 3.05) is 31.1 Å². The summed E-state index contributed by atoms with van der Waals surface area (Å²) in [7, 11) is -3.64. The highest BCUT2D eigenvalue weighted by molar-refractivity contribution is 7.92. The molecular formula is C20H27N5O4S2. The maximum Gasteiger partial charge on any atom is 0.242 e. The van der Waals surface area contributed by atoms with E-state index in [1.807, 2.05) is 42.8 Å². The highest BCUT2D eigenvalue weighted by atomic mass is 32.2. The summed E-state index contributed by atoms with van der Waals surface area (Å²) < 4.78 is 53.8. The first-order valence-electron chi connectivity index (χ1n) is 9.68. The molecule has 0 saturated heterocycles. The second-order valence-corrected chi connectivity index (χ2v) is 11.2. The predicted octanol–water partition coefficient (Wildman–Crippen LogP) is 1.92. The van der Waals surface area contributed by atoms with Gasteiger partial charge in [-0.2, -0.15) is 4.31 Å². The molecule has 0 aliphatic heterocycles. The number of rotatable bonds is 9. The topological polar surface area (TPSA) is 113 Å². The van der Waals surface area contributed by atoms with Crippen LogP contribution in [-0.4, -0.2) is 57.1 Å². The highest BCUT2D eigenvalue weighted by Crippen LogP contribution is 2.20. The molecule has 0 aliphatic rings. The Morgan fingerprint density at radius 3 is 2.32 bits per heavy atom. The average molecular weight is 466 g/mol. The third-order valence-electron chi connectivity index (χ3n) is 4.95. The molecule has 2 N–H and O–H groups in total. The fourth-order valence-corrected chi connectivity index (χ4v) is 5.03. The van der Waals surface area contributed by atoms with Crippen molar-refractivity contribution in [1.82, 2.24) is 19.2 Å². The Balaban J connectivity index is 1.61. The van der Waals surface area contributed by atoms with Crippen LogP contribution in [0.5, 0.6) is 0 Å². The Bertz CT molecular complexity index is 1270. The third kappa shape index (κ3) is 5.42. The van der Waals surface area contributed by atoms with Crippen LogP contribution in [0.25, 0.3) is 11.0 Å². The minimum atomic E-state index is -3.70. The van der Waals surface area contributed by atoms with Crippen molar-refractivity contribution in [3.8, 4) is 0 Å². The van der Waals surface area contributed by atoms with Crippen molar-refractivity contribution in [3.63, 3.8) is 0 Å². The van der Waals surface area contributed by atoms with E-state index in [-0.39, 0.29) is 17.5 Å². The third-order valence-corrected chi connectivity index (χ3v) is 7.43. The van der Waals surface area contributed by atoms with Gasteiger partial charge < -0.3 is 9.88 Å². The van der Waals surface area contributed by atoms with E-state index in [1.165, 1.54) is 35.6 Å². The van der Waals surface area contributed by atoms with Gasteiger partial charge in [0, 0.05) is 32.9 Å². The zero-order chi connectivity index (χ0) is 22.8. The maximum absolute atomic E-state index is 12.8. The van der Waals surface area contributed by atoms with Crippen molar-refractivity contribution in [2.45, 2.75) is 17.9 Å². The number of likely N-dealkylation sites (N-methyl/N-ethyl adjacent to an activating group) is 1. The highest BCUT2D eigenvalue weighted by Gasteiger charge is 2.21. The lowest BCUT2D eigenvalue weighted by molar-refractivity contribution is 0.438. The van der Waals surface area contributed by atoms with Gasteiger partial charge in [0.25, 0.3) is 0 Å². The molecule has 1 unspecified atom stereocenters. The lowest BCUT2D eigenvalue weighted by atomic mass is 10.3. The number of hydrogen-bond acceptors (Lipinski definition) is 6. The summed E-state index contributed by atoms with van der Waals surface area (Å²) in [6, 6.07) is 13.4. The molecule has 168 valence electrons. The van der Waals surface area contributed by atoms with Crippen molar-refractivity contribution in [3.05, 3.63) is 54.4 Å². The Morgan fingerprint density at radius 1 is 1.06 bits per heavy atom. The van der Waals surface area contributed by atoms with Gasteiger partial charge in [0.2, 0.25) is 20.0 Å². The Labute approximate surface area is 183 Å². The molecule has 1 aromatic heterocycles. The van der Waals surface area contributed by atoms with Crippen LogP contribution in [0.3, 0.4) is 0 Å². The van der Waals surface area contributed by atoms with Crippen molar-refractivity contribution in [1.29, 1.82) is 0 Å². The SMILES string of the molecule is CC(NCCN(C)S(=O)(=O)c1ccc(NS(C)(=O)=O)cc1)c1nc2ccccc2n1C. The molecule has 31 heavy (non-hydrogen) atoms. The molecule has 9 nitrogen and oxygen atoms in total. The van der Waals surface area contributed by atoms with Gasteiger partial charge in [0.05, 0.1) is 28.2 Å². The molecule has 0 amide bonds. The van der Waals surface area contributed by atoms with E-state index < -0.39 is 20.0 Å². The van der Waals surface area contributed by atoms with E-state index in [0.29, 0.717) is 12.2 Å². The molecule has 3 aromatic rings. The number of fused-ring (bicyclic) bond motifs is 1. The molecule has 1 atom stereocenters. The van der Waals surface area contributed by atoms with Crippen molar-refractivity contribution in [2.24, 2.45) is 7.05 Å². The summed E-state index contributed by atoms with van der Waals surface area (Å²) in [4.78, 5) is 4.75. The summed E-state index contributed by atoms with van der Waals surface area (Å²) >= 11 is 0. The summed E-state index contributed by atoms with van der Waals surface area (Å²) in [5, 5.41) is 3.32. The number of aryl methyl sites for hydroxylation is 1. The second kappa shape index (κ2) is 8.95. The summed E-state index contributed by atoms with van der Waals surface area (Å²) in [6.07, 6.45) is 1.03. The number of benzene rings is 2. The lowest BCUT2D eigenvalue weighted by Gasteiger charge is -2.20. The van der Waals surface area contributed by atoms with E-state index in [0.717, 1.165) is 23.1 Å². The Hall–Kier alpha value is -2.47. The normalized spacial score (nSPS) is 13.6. The maximum atomic E-state index is 12.8. The van der Waals surface area contributed by atoms with Gasteiger partial charge in [-0.3, -0.25) is 4.72 Å². The largest absolute Gasteiger partial charge is 0.330 e. The molecule has 0 radical (unpaired) electrons. The first kappa shape index (κ1) is 23.2. The number of hydrogen-bond donors (Lipinski definition) is 2. The van der Waals surface area contributed by atoms with Gasteiger partial charge in [-0.1, -0.05) is 12.1 Å². The van der Waals surface area contributed by atoms with Crippen molar-refractivity contribution >= 4 is 36.8 Å². The van der Waals surface area contributed by atoms with E-state index in [2.05, 4.69) is 15.0 Å². The van der Waals surface area contributed by atoms with Gasteiger partial charge in [-0.25, -0.2) is 21.8 Å². The van der Waals surface area contributed by atoms with Crippen LogP contribution in [0.15, 0.2) is 53.4 Å². The van der Waals surface area contributed by atoms with Crippen LogP contribution in [0.2, 0.25) is 0 Å². The minimum Gasteiger partial charge on any atom is -0.330 e. The predicted molar refractivity (Wildman–Crippen MR) is 122 cm³/mol. The van der Waals surface area contributed by atoms with Crippen LogP contribution in [0, 0.1) is 0 Å². The Morgan fingerprint density at radius 2 is 1.71 bits per heavy atom. The van der Waals surface area contributed by atoms with Crippen LogP contribution >= 0.6 is 0 Å². The van der Waals surface area contributed by atoms with Gasteiger partial charge in [-0.15, -0.1) is 0 Å². The Kier molecular flexibility index (Phi) is 6.70.